The van der Waals surface area contributed by atoms with Gasteiger partial charge in [0, 0.05) is 48.9 Å². The van der Waals surface area contributed by atoms with Crippen LogP contribution >= 0.6 is 11.3 Å². The molecule has 0 unspecified atom stereocenters. The Balaban J connectivity index is 1.44. The first-order valence-electron chi connectivity index (χ1n) is 10.2. The largest absolute Gasteiger partial charge is 0.484 e. The summed E-state index contributed by atoms with van der Waals surface area (Å²) in [5.74, 6) is 1.14. The molecule has 1 saturated heterocycles. The highest BCUT2D eigenvalue weighted by Gasteiger charge is 2.21. The third-order valence-corrected chi connectivity index (χ3v) is 6.30. The predicted molar refractivity (Wildman–Crippen MR) is 126 cm³/mol. The molecule has 6 nitrogen and oxygen atoms in total. The molecule has 1 aromatic carbocycles. The Morgan fingerprint density at radius 1 is 1.27 bits per heavy atom. The topological polar surface area (TPSA) is 74.9 Å². The van der Waals surface area contributed by atoms with Crippen LogP contribution in [-0.4, -0.2) is 37.3 Å². The summed E-state index contributed by atoms with van der Waals surface area (Å²) < 4.78 is 5.88. The van der Waals surface area contributed by atoms with Crippen LogP contribution in [0.25, 0.3) is 5.70 Å². The van der Waals surface area contributed by atoms with Crippen molar-refractivity contribution in [2.45, 2.75) is 27.0 Å². The van der Waals surface area contributed by atoms with Crippen molar-refractivity contribution in [2.75, 3.05) is 31.5 Å². The number of aliphatic imine (C=N–C) groups is 1. The molecule has 2 aromatic rings. The Hall–Kier alpha value is -2.61. The van der Waals surface area contributed by atoms with Gasteiger partial charge in [0.1, 0.15) is 12.4 Å². The fraction of sp³-hybridized carbons (Fsp3) is 0.348. The molecular formula is C23H29N5OS. The summed E-state index contributed by atoms with van der Waals surface area (Å²) in [7, 11) is 0. The van der Waals surface area contributed by atoms with Crippen LogP contribution in [-0.2, 0) is 17.9 Å². The highest BCUT2D eigenvalue weighted by atomic mass is 32.1. The SMILES string of the molecule is C=C(N=CC1=C(N)c2cc(CN3CCNCC3)sc2CO1)Nc1cc(C)cc(C)c1. The Bertz CT molecular complexity index is 981. The zero-order valence-corrected chi connectivity index (χ0v) is 18.4. The Kier molecular flexibility index (Phi) is 6.22. The van der Waals surface area contributed by atoms with Crippen molar-refractivity contribution in [3.05, 3.63) is 68.9 Å². The summed E-state index contributed by atoms with van der Waals surface area (Å²) in [6.45, 7) is 13.9. The van der Waals surface area contributed by atoms with Gasteiger partial charge in [0.25, 0.3) is 0 Å². The number of rotatable bonds is 6. The number of aryl methyl sites for hydroxylation is 2. The number of anilines is 1. The van der Waals surface area contributed by atoms with Gasteiger partial charge in [-0.2, -0.15) is 0 Å². The number of ether oxygens (including phenoxy) is 1. The van der Waals surface area contributed by atoms with Crippen molar-refractivity contribution in [2.24, 2.45) is 10.7 Å². The number of nitrogens with two attached hydrogens (primary N) is 1. The Morgan fingerprint density at radius 2 is 2.00 bits per heavy atom. The van der Waals surface area contributed by atoms with Gasteiger partial charge >= 0.3 is 0 Å². The molecule has 7 heteroatoms. The molecule has 0 amide bonds. The predicted octanol–water partition coefficient (Wildman–Crippen LogP) is 3.58. The van der Waals surface area contributed by atoms with E-state index in [1.807, 2.05) is 0 Å². The van der Waals surface area contributed by atoms with Gasteiger partial charge in [0.05, 0.1) is 16.8 Å². The molecule has 4 N–H and O–H groups in total. The van der Waals surface area contributed by atoms with Crippen LogP contribution in [0.15, 0.2) is 47.4 Å². The first kappa shape index (κ1) is 20.7. The zero-order chi connectivity index (χ0) is 21.1. The Morgan fingerprint density at radius 3 is 2.73 bits per heavy atom. The third kappa shape index (κ3) is 4.92. The van der Waals surface area contributed by atoms with E-state index in [0.29, 0.717) is 23.9 Å². The molecule has 0 radical (unpaired) electrons. The maximum absolute atomic E-state index is 6.41. The van der Waals surface area contributed by atoms with E-state index >= 15 is 0 Å². The molecule has 2 aliphatic heterocycles. The highest BCUT2D eigenvalue weighted by molar-refractivity contribution is 7.12. The monoisotopic (exact) mass is 423 g/mol. The minimum Gasteiger partial charge on any atom is -0.484 e. The number of benzene rings is 1. The van der Waals surface area contributed by atoms with Crippen molar-refractivity contribution in [1.82, 2.24) is 10.2 Å². The maximum atomic E-state index is 6.41. The van der Waals surface area contributed by atoms with E-state index in [1.54, 1.807) is 17.6 Å². The summed E-state index contributed by atoms with van der Waals surface area (Å²) >= 11 is 1.79. The molecule has 4 rings (SSSR count). The van der Waals surface area contributed by atoms with Gasteiger partial charge in [-0.1, -0.05) is 12.6 Å². The third-order valence-electron chi connectivity index (χ3n) is 5.21. The summed E-state index contributed by atoms with van der Waals surface area (Å²) in [4.78, 5) is 9.40. The summed E-state index contributed by atoms with van der Waals surface area (Å²) in [5, 5.41) is 6.62. The number of thiophene rings is 1. The van der Waals surface area contributed by atoms with Crippen LogP contribution in [0.1, 0.15) is 26.4 Å². The molecule has 2 aliphatic rings. The van der Waals surface area contributed by atoms with E-state index in [0.717, 1.165) is 44.0 Å². The number of hydrogen-bond acceptors (Lipinski definition) is 7. The zero-order valence-electron chi connectivity index (χ0n) is 17.6. The standard InChI is InChI=1S/C23H29N5OS/c1-15-8-16(2)10-18(9-15)27-17(3)26-12-21-23(24)20-11-19(30-22(20)14-29-21)13-28-6-4-25-5-7-28/h8-12,25,27H,3-7,13-14,24H2,1-2H3. The highest BCUT2D eigenvalue weighted by Crippen LogP contribution is 2.33. The van der Waals surface area contributed by atoms with E-state index in [9.17, 15) is 0 Å². The minimum absolute atomic E-state index is 0.528. The van der Waals surface area contributed by atoms with Crippen LogP contribution in [0.2, 0.25) is 0 Å². The van der Waals surface area contributed by atoms with Crippen molar-refractivity contribution in [1.29, 1.82) is 0 Å². The van der Waals surface area contributed by atoms with E-state index in [2.05, 4.69) is 65.2 Å². The molecule has 3 heterocycles. The van der Waals surface area contributed by atoms with Crippen LogP contribution in [0.4, 0.5) is 5.69 Å². The molecule has 1 fully saturated rings. The molecule has 158 valence electrons. The molecule has 0 saturated carbocycles. The lowest BCUT2D eigenvalue weighted by atomic mass is 10.1. The molecule has 0 aliphatic carbocycles. The number of nitrogens with zero attached hydrogens (tertiary/aromatic N) is 2. The lowest BCUT2D eigenvalue weighted by molar-refractivity contribution is 0.218. The van der Waals surface area contributed by atoms with Gasteiger partial charge in [0.15, 0.2) is 5.76 Å². The normalized spacial score (nSPS) is 17.1. The second-order valence-corrected chi connectivity index (χ2v) is 9.07. The average molecular weight is 424 g/mol. The van der Waals surface area contributed by atoms with Crippen molar-refractivity contribution in [3.63, 3.8) is 0 Å². The van der Waals surface area contributed by atoms with Gasteiger partial charge < -0.3 is 21.1 Å². The van der Waals surface area contributed by atoms with Gasteiger partial charge in [-0.15, -0.1) is 11.3 Å². The van der Waals surface area contributed by atoms with Crippen molar-refractivity contribution < 1.29 is 4.74 Å². The smallest absolute Gasteiger partial charge is 0.161 e. The molecule has 0 bridgehead atoms. The number of fused-ring (bicyclic) bond motifs is 1. The lowest BCUT2D eigenvalue weighted by Crippen LogP contribution is -2.42. The first-order chi connectivity index (χ1) is 14.5. The fourth-order valence-corrected chi connectivity index (χ4v) is 4.97. The number of allylic oxidation sites excluding steroid dienone is 1. The Labute approximate surface area is 182 Å². The van der Waals surface area contributed by atoms with E-state index < -0.39 is 0 Å². The van der Waals surface area contributed by atoms with Crippen LogP contribution in [0.3, 0.4) is 0 Å². The second kappa shape index (κ2) is 9.04. The quantitative estimate of drug-likeness (QED) is 0.619. The number of hydrogen-bond donors (Lipinski definition) is 3. The van der Waals surface area contributed by atoms with Crippen LogP contribution in [0.5, 0.6) is 0 Å². The first-order valence-corrected chi connectivity index (χ1v) is 11.1. The summed E-state index contributed by atoms with van der Waals surface area (Å²) in [5.41, 5.74) is 11.5. The maximum Gasteiger partial charge on any atom is 0.161 e. The lowest BCUT2D eigenvalue weighted by Gasteiger charge is -2.26. The second-order valence-electron chi connectivity index (χ2n) is 7.85. The van der Waals surface area contributed by atoms with Gasteiger partial charge in [0.2, 0.25) is 0 Å². The van der Waals surface area contributed by atoms with Crippen LogP contribution in [0, 0.1) is 13.8 Å². The minimum atomic E-state index is 0.528. The molecule has 1 aromatic heterocycles. The molecule has 0 spiro atoms. The fourth-order valence-electron chi connectivity index (χ4n) is 3.83. The van der Waals surface area contributed by atoms with Gasteiger partial charge in [-0.25, -0.2) is 4.99 Å². The van der Waals surface area contributed by atoms with Crippen LogP contribution < -0.4 is 16.4 Å². The van der Waals surface area contributed by atoms with Crippen molar-refractivity contribution in [3.8, 4) is 0 Å². The number of piperazine rings is 1. The molecular weight excluding hydrogens is 394 g/mol. The molecule has 0 atom stereocenters. The van der Waals surface area contributed by atoms with Gasteiger partial charge in [-0.3, -0.25) is 4.90 Å². The molecule has 30 heavy (non-hydrogen) atoms. The number of nitrogens with one attached hydrogen (secondary N) is 2. The van der Waals surface area contributed by atoms with E-state index in [-0.39, 0.29) is 0 Å². The average Bonchev–Trinajstić information content (AvgIpc) is 3.11. The summed E-state index contributed by atoms with van der Waals surface area (Å²) in [6.07, 6.45) is 1.66. The van der Waals surface area contributed by atoms with E-state index in [4.69, 9.17) is 10.5 Å². The van der Waals surface area contributed by atoms with Crippen molar-refractivity contribution >= 4 is 28.9 Å². The van der Waals surface area contributed by atoms with E-state index in [1.165, 1.54) is 20.9 Å². The van der Waals surface area contributed by atoms with Gasteiger partial charge in [-0.05, 0) is 43.2 Å². The summed E-state index contributed by atoms with van der Waals surface area (Å²) in [6, 6.07) is 8.47.